The molecule has 0 aliphatic carbocycles. The van der Waals surface area contributed by atoms with Crippen molar-refractivity contribution in [2.45, 2.75) is 37.5 Å². The fourth-order valence-electron chi connectivity index (χ4n) is 4.31. The van der Waals surface area contributed by atoms with Crippen molar-refractivity contribution in [2.24, 2.45) is 5.92 Å². The lowest BCUT2D eigenvalue weighted by Gasteiger charge is -2.43. The Kier molecular flexibility index (Phi) is 7.34. The SMILES string of the molecule is CSCC1CCN(C(=O)C2(NC(=O)C(F)(F)F)CCN(Cc3ccccc3)CC2)C1. The summed E-state index contributed by atoms with van der Waals surface area (Å²) in [4.78, 5) is 28.8. The first-order chi connectivity index (χ1) is 14.2. The summed E-state index contributed by atoms with van der Waals surface area (Å²) in [5.41, 5.74) is -0.385. The molecule has 5 nitrogen and oxygen atoms in total. The maximum Gasteiger partial charge on any atom is 0.471 e. The molecule has 9 heteroatoms. The summed E-state index contributed by atoms with van der Waals surface area (Å²) >= 11 is 1.70. The maximum absolute atomic E-state index is 13.3. The smallest absolute Gasteiger partial charge is 0.340 e. The Balaban J connectivity index is 1.71. The molecular weight excluding hydrogens is 415 g/mol. The van der Waals surface area contributed by atoms with Gasteiger partial charge in [0, 0.05) is 32.7 Å². The van der Waals surface area contributed by atoms with Crippen molar-refractivity contribution < 1.29 is 22.8 Å². The number of carbonyl (C=O) groups is 2. The van der Waals surface area contributed by atoms with Gasteiger partial charge in [-0.25, -0.2) is 0 Å². The summed E-state index contributed by atoms with van der Waals surface area (Å²) in [6.45, 7) is 2.62. The van der Waals surface area contributed by atoms with Crippen LogP contribution >= 0.6 is 11.8 Å². The Morgan fingerprint density at radius 1 is 1.17 bits per heavy atom. The number of carbonyl (C=O) groups excluding carboxylic acids is 2. The minimum absolute atomic E-state index is 0.171. The largest absolute Gasteiger partial charge is 0.471 e. The standard InChI is InChI=1S/C21H28F3N3O2S/c1-30-15-17-7-10-27(14-17)19(29)20(25-18(28)21(22,23)24)8-11-26(12-9-20)13-16-5-3-2-4-6-16/h2-6,17H,7-15H2,1H3,(H,25,28). The zero-order valence-electron chi connectivity index (χ0n) is 17.1. The summed E-state index contributed by atoms with van der Waals surface area (Å²) in [6.07, 6.45) is -1.83. The molecule has 2 aliphatic rings. The van der Waals surface area contributed by atoms with Crippen molar-refractivity contribution in [3.05, 3.63) is 35.9 Å². The van der Waals surface area contributed by atoms with Crippen molar-refractivity contribution in [3.8, 4) is 0 Å². The molecule has 1 atom stereocenters. The average Bonchev–Trinajstić information content (AvgIpc) is 3.18. The number of halogens is 3. The molecule has 3 rings (SSSR count). The topological polar surface area (TPSA) is 52.7 Å². The first kappa shape index (κ1) is 22.9. The van der Waals surface area contributed by atoms with Crippen LogP contribution in [0.4, 0.5) is 13.2 Å². The van der Waals surface area contributed by atoms with Crippen LogP contribution in [0, 0.1) is 5.92 Å². The molecule has 1 aromatic rings. The number of hydrogen-bond acceptors (Lipinski definition) is 4. The molecule has 1 unspecified atom stereocenters. The van der Waals surface area contributed by atoms with E-state index < -0.39 is 17.6 Å². The van der Waals surface area contributed by atoms with Crippen molar-refractivity contribution in [1.29, 1.82) is 0 Å². The van der Waals surface area contributed by atoms with Gasteiger partial charge >= 0.3 is 12.1 Å². The maximum atomic E-state index is 13.3. The molecule has 166 valence electrons. The number of alkyl halides is 3. The quantitative estimate of drug-likeness (QED) is 0.735. The molecule has 1 N–H and O–H groups in total. The molecule has 2 amide bonds. The van der Waals surface area contributed by atoms with E-state index >= 15 is 0 Å². The molecule has 30 heavy (non-hydrogen) atoms. The van der Waals surface area contributed by atoms with Crippen LogP contribution in [0.2, 0.25) is 0 Å². The third-order valence-corrected chi connectivity index (χ3v) is 6.76. The second-order valence-electron chi connectivity index (χ2n) is 8.16. The van der Waals surface area contributed by atoms with E-state index in [1.54, 1.807) is 16.7 Å². The van der Waals surface area contributed by atoms with Gasteiger partial charge in [-0.1, -0.05) is 30.3 Å². The van der Waals surface area contributed by atoms with Gasteiger partial charge in [0.05, 0.1) is 0 Å². The highest BCUT2D eigenvalue weighted by atomic mass is 32.2. The summed E-state index contributed by atoms with van der Waals surface area (Å²) in [6, 6.07) is 9.80. The van der Waals surface area contributed by atoms with Gasteiger partial charge in [-0.2, -0.15) is 24.9 Å². The van der Waals surface area contributed by atoms with Gasteiger partial charge in [0.25, 0.3) is 0 Å². The number of nitrogens with one attached hydrogen (secondary N) is 1. The highest BCUT2D eigenvalue weighted by Gasteiger charge is 2.50. The van der Waals surface area contributed by atoms with Crippen molar-refractivity contribution in [1.82, 2.24) is 15.1 Å². The number of thioether (sulfide) groups is 1. The zero-order valence-corrected chi connectivity index (χ0v) is 17.9. The highest BCUT2D eigenvalue weighted by Crippen LogP contribution is 2.30. The van der Waals surface area contributed by atoms with E-state index in [0.29, 0.717) is 38.6 Å². The van der Waals surface area contributed by atoms with Crippen LogP contribution < -0.4 is 5.32 Å². The normalized spacial score (nSPS) is 22.1. The first-order valence-electron chi connectivity index (χ1n) is 10.2. The van der Waals surface area contributed by atoms with E-state index in [2.05, 4.69) is 10.2 Å². The zero-order chi connectivity index (χ0) is 21.8. The van der Waals surface area contributed by atoms with Gasteiger partial charge in [-0.3, -0.25) is 14.5 Å². The lowest BCUT2D eigenvalue weighted by molar-refractivity contribution is -0.178. The van der Waals surface area contributed by atoms with Crippen LogP contribution in [-0.4, -0.2) is 71.5 Å². The van der Waals surface area contributed by atoms with Gasteiger partial charge in [-0.05, 0) is 42.8 Å². The van der Waals surface area contributed by atoms with Crippen molar-refractivity contribution >= 4 is 23.6 Å². The van der Waals surface area contributed by atoms with Gasteiger partial charge in [0.15, 0.2) is 0 Å². The van der Waals surface area contributed by atoms with E-state index in [9.17, 15) is 22.8 Å². The summed E-state index contributed by atoms with van der Waals surface area (Å²) in [7, 11) is 0. The van der Waals surface area contributed by atoms with Crippen molar-refractivity contribution in [2.75, 3.05) is 38.2 Å². The van der Waals surface area contributed by atoms with Gasteiger partial charge in [0.1, 0.15) is 5.54 Å². The molecule has 1 aromatic carbocycles. The highest BCUT2D eigenvalue weighted by molar-refractivity contribution is 7.98. The van der Waals surface area contributed by atoms with Crippen LogP contribution in [0.3, 0.4) is 0 Å². The van der Waals surface area contributed by atoms with Gasteiger partial charge in [-0.15, -0.1) is 0 Å². The van der Waals surface area contributed by atoms with Crippen LogP contribution in [-0.2, 0) is 16.1 Å². The third kappa shape index (κ3) is 5.49. The number of amides is 2. The fourth-order valence-corrected chi connectivity index (χ4v) is 5.05. The number of likely N-dealkylation sites (tertiary alicyclic amines) is 2. The Bertz CT molecular complexity index is 737. The molecular formula is C21H28F3N3O2S. The monoisotopic (exact) mass is 443 g/mol. The van der Waals surface area contributed by atoms with Crippen LogP contribution in [0.15, 0.2) is 30.3 Å². The molecule has 0 spiro atoms. The van der Waals surface area contributed by atoms with Crippen LogP contribution in [0.25, 0.3) is 0 Å². The summed E-state index contributed by atoms with van der Waals surface area (Å²) in [5.74, 6) is -1.15. The summed E-state index contributed by atoms with van der Waals surface area (Å²) < 4.78 is 39.0. The third-order valence-electron chi connectivity index (χ3n) is 5.95. The van der Waals surface area contributed by atoms with E-state index in [-0.39, 0.29) is 18.7 Å². The fraction of sp³-hybridized carbons (Fsp3) is 0.619. The minimum atomic E-state index is -5.01. The van der Waals surface area contributed by atoms with Gasteiger partial charge in [0.2, 0.25) is 5.91 Å². The second kappa shape index (κ2) is 9.60. The Labute approximate surface area is 179 Å². The number of nitrogens with zero attached hydrogens (tertiary/aromatic N) is 2. The molecule has 0 saturated carbocycles. The van der Waals surface area contributed by atoms with E-state index in [1.165, 1.54) is 0 Å². The molecule has 2 saturated heterocycles. The Morgan fingerprint density at radius 3 is 2.43 bits per heavy atom. The second-order valence-corrected chi connectivity index (χ2v) is 9.07. The van der Waals surface area contributed by atoms with Crippen LogP contribution in [0.5, 0.6) is 0 Å². The average molecular weight is 444 g/mol. The lowest BCUT2D eigenvalue weighted by atomic mass is 9.85. The van der Waals surface area contributed by atoms with Crippen LogP contribution in [0.1, 0.15) is 24.8 Å². The van der Waals surface area contributed by atoms with E-state index in [1.807, 2.05) is 36.6 Å². The minimum Gasteiger partial charge on any atom is -0.340 e. The molecule has 2 aliphatic heterocycles. The first-order valence-corrected chi connectivity index (χ1v) is 11.6. The summed E-state index contributed by atoms with van der Waals surface area (Å²) in [5, 5.41) is 2.09. The number of benzene rings is 1. The van der Waals surface area contributed by atoms with Crippen molar-refractivity contribution in [3.63, 3.8) is 0 Å². The lowest BCUT2D eigenvalue weighted by Crippen LogP contribution is -2.65. The molecule has 0 radical (unpaired) electrons. The number of hydrogen-bond donors (Lipinski definition) is 1. The predicted molar refractivity (Wildman–Crippen MR) is 111 cm³/mol. The Hall–Kier alpha value is -1.74. The molecule has 2 heterocycles. The number of rotatable bonds is 6. The Morgan fingerprint density at radius 2 is 1.83 bits per heavy atom. The molecule has 2 fully saturated rings. The van der Waals surface area contributed by atoms with Gasteiger partial charge < -0.3 is 10.2 Å². The molecule has 0 aromatic heterocycles. The van der Waals surface area contributed by atoms with E-state index in [4.69, 9.17) is 0 Å². The van der Waals surface area contributed by atoms with E-state index in [0.717, 1.165) is 17.7 Å². The predicted octanol–water partition coefficient (Wildman–Crippen LogP) is 2.91. The molecule has 0 bridgehead atoms. The number of piperidine rings is 1.